The van der Waals surface area contributed by atoms with Gasteiger partial charge < -0.3 is 15.3 Å². The minimum absolute atomic E-state index is 0.00308. The van der Waals surface area contributed by atoms with Crippen molar-refractivity contribution in [2.75, 3.05) is 6.61 Å². The maximum Gasteiger partial charge on any atom is 0.124 e. The van der Waals surface area contributed by atoms with Crippen LogP contribution in [0.1, 0.15) is 27.7 Å². The first kappa shape index (κ1) is 13.9. The van der Waals surface area contributed by atoms with Gasteiger partial charge in [0.05, 0.1) is 18.3 Å². The predicted molar refractivity (Wildman–Crippen MR) is 59.9 cm³/mol. The first-order valence-corrected chi connectivity index (χ1v) is 5.21. The Morgan fingerprint density at radius 1 is 1.29 bits per heavy atom. The highest BCUT2D eigenvalue weighted by atomic mass is 16.3. The average molecular weight is 202 g/mol. The third-order valence-electron chi connectivity index (χ3n) is 3.31. The Labute approximate surface area is 87.4 Å². The van der Waals surface area contributed by atoms with Gasteiger partial charge in [-0.3, -0.25) is 0 Å². The Kier molecular flexibility index (Phi) is 4.62. The smallest absolute Gasteiger partial charge is 0.124 e. The van der Waals surface area contributed by atoms with Gasteiger partial charge in [-0.1, -0.05) is 27.6 Å². The van der Waals surface area contributed by atoms with Crippen molar-refractivity contribution in [3.63, 3.8) is 0 Å². The van der Waals surface area contributed by atoms with E-state index < -0.39 is 17.1 Å². The van der Waals surface area contributed by atoms with Gasteiger partial charge in [-0.05, 0) is 12.7 Å². The molecule has 0 amide bonds. The first-order chi connectivity index (χ1) is 6.20. The lowest BCUT2D eigenvalue weighted by Crippen LogP contribution is -2.52. The van der Waals surface area contributed by atoms with E-state index in [0.29, 0.717) is 0 Å². The topological polar surface area (TPSA) is 60.7 Å². The molecule has 4 heteroatoms. The SMILES string of the molecule is CB[C@H](C)[C@](C)(O)[C@H](O)C(C)(C)CO. The van der Waals surface area contributed by atoms with Crippen molar-refractivity contribution in [2.24, 2.45) is 5.41 Å². The highest BCUT2D eigenvalue weighted by Crippen LogP contribution is 2.35. The number of rotatable bonds is 5. The standard InChI is InChI=1S/C10H23BO3/c1-7(11-5)10(4,14)8(13)9(2,3)6-12/h7-8,11-14H,6H2,1-5H3/t7-,8-,10+/m1/s1. The van der Waals surface area contributed by atoms with Crippen LogP contribution in [0.25, 0.3) is 0 Å². The van der Waals surface area contributed by atoms with E-state index in [1.165, 1.54) is 0 Å². The van der Waals surface area contributed by atoms with Gasteiger partial charge >= 0.3 is 0 Å². The number of hydrogen-bond acceptors (Lipinski definition) is 3. The molecule has 0 rings (SSSR count). The molecule has 0 saturated carbocycles. The maximum atomic E-state index is 10.2. The van der Waals surface area contributed by atoms with Gasteiger partial charge in [0.2, 0.25) is 0 Å². The predicted octanol–water partition coefficient (Wildman–Crippen LogP) is 0.410. The van der Waals surface area contributed by atoms with Crippen LogP contribution < -0.4 is 0 Å². The molecule has 3 N–H and O–H groups in total. The van der Waals surface area contributed by atoms with Crippen LogP contribution in [-0.2, 0) is 0 Å². The largest absolute Gasteiger partial charge is 0.396 e. The lowest BCUT2D eigenvalue weighted by Gasteiger charge is -2.42. The van der Waals surface area contributed by atoms with Crippen molar-refractivity contribution >= 4 is 7.28 Å². The van der Waals surface area contributed by atoms with Crippen LogP contribution in [0.4, 0.5) is 0 Å². The molecular formula is C10H23BO3. The zero-order valence-electron chi connectivity index (χ0n) is 9.91. The minimum Gasteiger partial charge on any atom is -0.396 e. The van der Waals surface area contributed by atoms with Crippen molar-refractivity contribution in [1.29, 1.82) is 0 Å². The lowest BCUT2D eigenvalue weighted by molar-refractivity contribution is -0.127. The molecule has 0 aliphatic rings. The van der Waals surface area contributed by atoms with Crippen molar-refractivity contribution < 1.29 is 15.3 Å². The first-order valence-electron chi connectivity index (χ1n) is 5.21. The summed E-state index contributed by atoms with van der Waals surface area (Å²) in [4.78, 5) is 0. The summed E-state index contributed by atoms with van der Waals surface area (Å²) in [5, 5.41) is 29.3. The molecule has 0 aliphatic carbocycles. The Bertz CT molecular complexity index is 180. The Morgan fingerprint density at radius 3 is 2.00 bits per heavy atom. The van der Waals surface area contributed by atoms with E-state index in [1.807, 2.05) is 13.7 Å². The summed E-state index contributed by atoms with van der Waals surface area (Å²) < 4.78 is 0. The third-order valence-corrected chi connectivity index (χ3v) is 3.31. The van der Waals surface area contributed by atoms with Gasteiger partial charge in [0, 0.05) is 5.41 Å². The summed E-state index contributed by atoms with van der Waals surface area (Å²) in [6.45, 7) is 8.85. The Balaban J connectivity index is 4.73. The van der Waals surface area contributed by atoms with E-state index in [2.05, 4.69) is 0 Å². The zero-order valence-corrected chi connectivity index (χ0v) is 9.91. The highest BCUT2D eigenvalue weighted by Gasteiger charge is 2.43. The van der Waals surface area contributed by atoms with Crippen molar-refractivity contribution in [2.45, 2.75) is 52.0 Å². The van der Waals surface area contributed by atoms with Crippen LogP contribution in [0.3, 0.4) is 0 Å². The van der Waals surface area contributed by atoms with Crippen LogP contribution >= 0.6 is 0 Å². The summed E-state index contributed by atoms with van der Waals surface area (Å²) in [6, 6.07) is 0. The summed E-state index contributed by atoms with van der Waals surface area (Å²) in [7, 11) is 0.797. The molecule has 3 nitrogen and oxygen atoms in total. The monoisotopic (exact) mass is 202 g/mol. The van der Waals surface area contributed by atoms with Gasteiger partial charge in [-0.25, -0.2) is 0 Å². The second kappa shape index (κ2) is 4.64. The molecule has 0 spiro atoms. The molecule has 0 bridgehead atoms. The molecule has 0 aromatic rings. The van der Waals surface area contributed by atoms with Crippen LogP contribution in [-0.4, -0.2) is 40.9 Å². The quantitative estimate of drug-likeness (QED) is 0.566. The molecule has 0 aliphatic heterocycles. The molecule has 0 heterocycles. The normalized spacial score (nSPS) is 21.1. The number of aliphatic hydroxyl groups excluding tert-OH is 2. The van der Waals surface area contributed by atoms with Crippen molar-refractivity contribution in [3.8, 4) is 0 Å². The van der Waals surface area contributed by atoms with Gasteiger partial charge in [0.25, 0.3) is 0 Å². The van der Waals surface area contributed by atoms with E-state index in [4.69, 9.17) is 5.11 Å². The minimum atomic E-state index is -1.15. The summed E-state index contributed by atoms with van der Waals surface area (Å²) in [5.74, 6) is 0.00308. The molecule has 0 aromatic heterocycles. The average Bonchev–Trinajstić information content (AvgIpc) is 2.15. The van der Waals surface area contributed by atoms with Crippen LogP contribution in [0.15, 0.2) is 0 Å². The van der Waals surface area contributed by atoms with Gasteiger partial charge in [0.1, 0.15) is 7.28 Å². The fourth-order valence-electron chi connectivity index (χ4n) is 1.56. The van der Waals surface area contributed by atoms with Crippen molar-refractivity contribution in [3.05, 3.63) is 0 Å². The molecule has 14 heavy (non-hydrogen) atoms. The van der Waals surface area contributed by atoms with Crippen LogP contribution in [0.5, 0.6) is 0 Å². The molecule has 0 unspecified atom stereocenters. The summed E-state index contributed by atoms with van der Waals surface area (Å²) in [5.41, 5.74) is -1.83. The van der Waals surface area contributed by atoms with Crippen molar-refractivity contribution in [1.82, 2.24) is 0 Å². The zero-order chi connectivity index (χ0) is 11.6. The fraction of sp³-hybridized carbons (Fsp3) is 1.00. The van der Waals surface area contributed by atoms with E-state index in [9.17, 15) is 10.2 Å². The number of aliphatic hydroxyl groups is 3. The molecule has 84 valence electrons. The van der Waals surface area contributed by atoms with E-state index in [0.717, 1.165) is 7.28 Å². The van der Waals surface area contributed by atoms with Gasteiger partial charge in [-0.2, -0.15) is 0 Å². The molecular weight excluding hydrogens is 179 g/mol. The summed E-state index contributed by atoms with van der Waals surface area (Å²) >= 11 is 0. The van der Waals surface area contributed by atoms with Gasteiger partial charge in [0.15, 0.2) is 0 Å². The molecule has 0 fully saturated rings. The lowest BCUT2D eigenvalue weighted by atomic mass is 9.57. The van der Waals surface area contributed by atoms with Crippen LogP contribution in [0, 0.1) is 5.41 Å². The summed E-state index contributed by atoms with van der Waals surface area (Å²) in [6.07, 6.45) is -0.921. The van der Waals surface area contributed by atoms with E-state index >= 15 is 0 Å². The fourth-order valence-corrected chi connectivity index (χ4v) is 1.56. The molecule has 0 saturated heterocycles. The van der Waals surface area contributed by atoms with E-state index in [-0.39, 0.29) is 12.4 Å². The second-order valence-electron chi connectivity index (χ2n) is 5.08. The Hall–Kier alpha value is -0.0551. The Morgan fingerprint density at radius 2 is 1.71 bits per heavy atom. The van der Waals surface area contributed by atoms with Crippen LogP contribution in [0.2, 0.25) is 12.6 Å². The molecule has 0 radical (unpaired) electrons. The highest BCUT2D eigenvalue weighted by molar-refractivity contribution is 6.36. The molecule has 0 aromatic carbocycles. The maximum absolute atomic E-state index is 10.2. The molecule has 3 atom stereocenters. The second-order valence-corrected chi connectivity index (χ2v) is 5.08. The number of hydrogen-bond donors (Lipinski definition) is 3. The third kappa shape index (κ3) is 2.72. The van der Waals surface area contributed by atoms with Gasteiger partial charge in [-0.15, -0.1) is 0 Å². The van der Waals surface area contributed by atoms with E-state index in [1.54, 1.807) is 20.8 Å².